The lowest BCUT2D eigenvalue weighted by Crippen LogP contribution is -2.42. The first-order valence-electron chi connectivity index (χ1n) is 6.52. The van der Waals surface area contributed by atoms with E-state index in [1.54, 1.807) is 18.2 Å². The van der Waals surface area contributed by atoms with Gasteiger partial charge in [-0.25, -0.2) is 0 Å². The first-order valence-corrected chi connectivity index (χ1v) is 6.52. The molecule has 20 heavy (non-hydrogen) atoms. The zero-order chi connectivity index (χ0) is 14.1. The summed E-state index contributed by atoms with van der Waals surface area (Å²) in [7, 11) is 0. The summed E-state index contributed by atoms with van der Waals surface area (Å²) >= 11 is 0. The van der Waals surface area contributed by atoms with E-state index in [1.165, 1.54) is 0 Å². The van der Waals surface area contributed by atoms with Crippen LogP contribution in [0.1, 0.15) is 15.9 Å². The van der Waals surface area contributed by atoms with Crippen LogP contribution in [0.2, 0.25) is 0 Å². The zero-order valence-corrected chi connectivity index (χ0v) is 10.8. The highest BCUT2D eigenvalue weighted by Crippen LogP contribution is 2.26. The molecular weight excluding hydrogens is 262 g/mol. The Morgan fingerprint density at radius 1 is 1.30 bits per heavy atom. The smallest absolute Gasteiger partial charge is 0.311 e. The zero-order valence-electron chi connectivity index (χ0n) is 10.8. The van der Waals surface area contributed by atoms with Gasteiger partial charge in [0.1, 0.15) is 11.7 Å². The van der Waals surface area contributed by atoms with Crippen molar-refractivity contribution in [2.75, 3.05) is 19.8 Å². The first-order chi connectivity index (χ1) is 9.65. The monoisotopic (exact) mass is 277 g/mol. The van der Waals surface area contributed by atoms with Crippen LogP contribution in [0.15, 0.2) is 18.2 Å². The van der Waals surface area contributed by atoms with Crippen LogP contribution >= 0.6 is 0 Å². The summed E-state index contributed by atoms with van der Waals surface area (Å²) in [6.45, 7) is 1.01. The van der Waals surface area contributed by atoms with Gasteiger partial charge in [-0.15, -0.1) is 0 Å². The van der Waals surface area contributed by atoms with Crippen LogP contribution in [-0.4, -0.2) is 42.8 Å². The summed E-state index contributed by atoms with van der Waals surface area (Å²) < 4.78 is 10.5. The van der Waals surface area contributed by atoms with Gasteiger partial charge in [-0.1, -0.05) is 0 Å². The fraction of sp³-hybridized carbons (Fsp3) is 0.429. The SMILES string of the molecule is O=C(NC1COCC1C(=O)O)c1ccc2c(c1)CCO2. The molecule has 1 saturated heterocycles. The molecule has 2 atom stereocenters. The molecule has 0 aliphatic carbocycles. The van der Waals surface area contributed by atoms with E-state index in [1.807, 2.05) is 0 Å². The largest absolute Gasteiger partial charge is 0.493 e. The molecule has 0 aromatic heterocycles. The molecule has 1 aromatic carbocycles. The molecule has 1 fully saturated rings. The second-order valence-corrected chi connectivity index (χ2v) is 4.98. The molecule has 106 valence electrons. The number of hydrogen-bond donors (Lipinski definition) is 2. The standard InChI is InChI=1S/C14H15NO5/c16-13(15-11-7-19-6-10(11)14(17)18)9-1-2-12-8(5-9)3-4-20-12/h1-2,5,10-11H,3-4,6-7H2,(H,15,16)(H,17,18). The van der Waals surface area contributed by atoms with Gasteiger partial charge in [0.05, 0.1) is 25.9 Å². The predicted molar refractivity (Wildman–Crippen MR) is 68.8 cm³/mol. The Kier molecular flexibility index (Phi) is 3.31. The maximum absolute atomic E-state index is 12.2. The number of nitrogens with one attached hydrogen (secondary N) is 1. The lowest BCUT2D eigenvalue weighted by molar-refractivity contribution is -0.142. The van der Waals surface area contributed by atoms with Gasteiger partial charge < -0.3 is 19.9 Å². The Labute approximate surface area is 115 Å². The van der Waals surface area contributed by atoms with Crippen molar-refractivity contribution in [2.45, 2.75) is 12.5 Å². The lowest BCUT2D eigenvalue weighted by Gasteiger charge is -2.15. The number of amides is 1. The number of carboxylic acids is 1. The molecular formula is C14H15NO5. The number of rotatable bonds is 3. The van der Waals surface area contributed by atoms with Gasteiger partial charge in [-0.05, 0) is 23.8 Å². The van der Waals surface area contributed by atoms with Crippen molar-refractivity contribution in [3.8, 4) is 5.75 Å². The molecule has 2 N–H and O–H groups in total. The molecule has 0 bridgehead atoms. The Morgan fingerprint density at radius 2 is 2.15 bits per heavy atom. The number of benzene rings is 1. The molecule has 6 heteroatoms. The van der Waals surface area contributed by atoms with Crippen LogP contribution in [0.5, 0.6) is 5.75 Å². The Balaban J connectivity index is 1.71. The van der Waals surface area contributed by atoms with Crippen molar-refractivity contribution in [3.05, 3.63) is 29.3 Å². The first kappa shape index (κ1) is 12.9. The van der Waals surface area contributed by atoms with Gasteiger partial charge in [-0.3, -0.25) is 9.59 Å². The van der Waals surface area contributed by atoms with Crippen LogP contribution in [-0.2, 0) is 16.0 Å². The van der Waals surface area contributed by atoms with E-state index in [0.717, 1.165) is 17.7 Å². The van der Waals surface area contributed by atoms with E-state index < -0.39 is 17.9 Å². The molecule has 3 rings (SSSR count). The number of aliphatic carboxylic acids is 1. The summed E-state index contributed by atoms with van der Waals surface area (Å²) in [4.78, 5) is 23.2. The van der Waals surface area contributed by atoms with Crippen LogP contribution in [0.25, 0.3) is 0 Å². The van der Waals surface area contributed by atoms with Gasteiger partial charge in [0.25, 0.3) is 5.91 Å². The second-order valence-electron chi connectivity index (χ2n) is 4.98. The van der Waals surface area contributed by atoms with Crippen LogP contribution in [0.4, 0.5) is 0 Å². The minimum absolute atomic E-state index is 0.137. The summed E-state index contributed by atoms with van der Waals surface area (Å²) in [5.74, 6) is -1.09. The highest BCUT2D eigenvalue weighted by Gasteiger charge is 2.35. The third-order valence-electron chi connectivity index (χ3n) is 3.67. The highest BCUT2D eigenvalue weighted by atomic mass is 16.5. The maximum Gasteiger partial charge on any atom is 0.311 e. The Hall–Kier alpha value is -2.08. The molecule has 2 aliphatic rings. The van der Waals surface area contributed by atoms with E-state index in [9.17, 15) is 9.59 Å². The Morgan fingerprint density at radius 3 is 2.95 bits per heavy atom. The fourth-order valence-electron chi connectivity index (χ4n) is 2.52. The third-order valence-corrected chi connectivity index (χ3v) is 3.67. The number of carboxylic acid groups (broad SMARTS) is 1. The number of carbonyl (C=O) groups is 2. The van der Waals surface area contributed by atoms with E-state index in [4.69, 9.17) is 14.6 Å². The van der Waals surface area contributed by atoms with E-state index >= 15 is 0 Å². The lowest BCUT2D eigenvalue weighted by atomic mass is 10.0. The molecule has 2 aliphatic heterocycles. The minimum Gasteiger partial charge on any atom is -0.493 e. The van der Waals surface area contributed by atoms with Gasteiger partial charge in [-0.2, -0.15) is 0 Å². The van der Waals surface area contributed by atoms with Crippen molar-refractivity contribution in [1.29, 1.82) is 0 Å². The molecule has 6 nitrogen and oxygen atoms in total. The maximum atomic E-state index is 12.2. The average molecular weight is 277 g/mol. The number of ether oxygens (including phenoxy) is 2. The normalized spacial score (nSPS) is 24.0. The van der Waals surface area contributed by atoms with Crippen molar-refractivity contribution in [3.63, 3.8) is 0 Å². The number of hydrogen-bond acceptors (Lipinski definition) is 4. The molecule has 2 heterocycles. The van der Waals surface area contributed by atoms with Crippen LogP contribution in [0.3, 0.4) is 0 Å². The summed E-state index contributed by atoms with van der Waals surface area (Å²) in [5, 5.41) is 11.8. The van der Waals surface area contributed by atoms with Crippen LogP contribution < -0.4 is 10.1 Å². The van der Waals surface area contributed by atoms with Crippen molar-refractivity contribution in [1.82, 2.24) is 5.32 Å². The molecule has 2 unspecified atom stereocenters. The van der Waals surface area contributed by atoms with Crippen molar-refractivity contribution < 1.29 is 24.2 Å². The highest BCUT2D eigenvalue weighted by molar-refractivity contribution is 5.95. The molecule has 0 radical (unpaired) electrons. The van der Waals surface area contributed by atoms with E-state index in [0.29, 0.717) is 12.2 Å². The topological polar surface area (TPSA) is 84.9 Å². The van der Waals surface area contributed by atoms with E-state index in [-0.39, 0.29) is 19.1 Å². The average Bonchev–Trinajstić information content (AvgIpc) is 3.05. The van der Waals surface area contributed by atoms with Crippen molar-refractivity contribution in [2.24, 2.45) is 5.92 Å². The minimum atomic E-state index is -0.949. The Bertz CT molecular complexity index is 556. The number of fused-ring (bicyclic) bond motifs is 1. The molecule has 0 saturated carbocycles. The quantitative estimate of drug-likeness (QED) is 0.838. The second kappa shape index (κ2) is 5.13. The third kappa shape index (κ3) is 2.34. The summed E-state index contributed by atoms with van der Waals surface area (Å²) in [6, 6.07) is 4.77. The predicted octanol–water partition coefficient (Wildman–Crippen LogP) is 0.451. The molecule has 0 spiro atoms. The van der Waals surface area contributed by atoms with Gasteiger partial charge in [0, 0.05) is 12.0 Å². The van der Waals surface area contributed by atoms with Gasteiger partial charge in [0.2, 0.25) is 0 Å². The van der Waals surface area contributed by atoms with Gasteiger partial charge in [0.15, 0.2) is 0 Å². The van der Waals surface area contributed by atoms with Gasteiger partial charge >= 0.3 is 5.97 Å². The molecule has 1 amide bonds. The number of carbonyl (C=O) groups excluding carboxylic acids is 1. The fourth-order valence-corrected chi connectivity index (χ4v) is 2.52. The van der Waals surface area contributed by atoms with E-state index in [2.05, 4.69) is 5.32 Å². The molecule has 1 aromatic rings. The van der Waals surface area contributed by atoms with Crippen LogP contribution in [0, 0.1) is 5.92 Å². The van der Waals surface area contributed by atoms with Crippen molar-refractivity contribution >= 4 is 11.9 Å². The summed E-state index contributed by atoms with van der Waals surface area (Å²) in [6.07, 6.45) is 0.792. The summed E-state index contributed by atoms with van der Waals surface area (Å²) in [5.41, 5.74) is 1.53.